The largest absolute Gasteiger partial charge is 0.396 e. The smallest absolute Gasteiger partial charge is 0.0575 e. The summed E-state index contributed by atoms with van der Waals surface area (Å²) in [6.45, 7) is 5.99. The SMILES string of the molecule is Cc1cccc(C)c1CSCC1(CO)COC1. The Labute approximate surface area is 107 Å². The number of aliphatic hydroxyl groups excluding tert-OH is 1. The van der Waals surface area contributed by atoms with Gasteiger partial charge in [-0.25, -0.2) is 0 Å². The summed E-state index contributed by atoms with van der Waals surface area (Å²) in [5, 5.41) is 9.35. The molecule has 1 fully saturated rings. The van der Waals surface area contributed by atoms with Crippen LogP contribution in [-0.2, 0) is 10.5 Å². The van der Waals surface area contributed by atoms with Crippen molar-refractivity contribution in [1.29, 1.82) is 0 Å². The zero-order valence-corrected chi connectivity index (χ0v) is 11.3. The minimum Gasteiger partial charge on any atom is -0.396 e. The van der Waals surface area contributed by atoms with E-state index in [1.54, 1.807) is 0 Å². The molecule has 17 heavy (non-hydrogen) atoms. The molecule has 94 valence electrons. The average molecular weight is 252 g/mol. The molecule has 1 heterocycles. The molecule has 0 unspecified atom stereocenters. The molecule has 0 aliphatic carbocycles. The second-order valence-electron chi connectivity index (χ2n) is 5.01. The highest BCUT2D eigenvalue weighted by atomic mass is 32.2. The lowest BCUT2D eigenvalue weighted by Crippen LogP contribution is -2.47. The van der Waals surface area contributed by atoms with Crippen LogP contribution in [0.2, 0.25) is 0 Å². The molecule has 1 aliphatic heterocycles. The van der Waals surface area contributed by atoms with Crippen molar-refractivity contribution >= 4 is 11.8 Å². The van der Waals surface area contributed by atoms with Crippen molar-refractivity contribution in [2.24, 2.45) is 5.41 Å². The van der Waals surface area contributed by atoms with Gasteiger partial charge in [0.15, 0.2) is 0 Å². The van der Waals surface area contributed by atoms with Gasteiger partial charge >= 0.3 is 0 Å². The number of hydrogen-bond acceptors (Lipinski definition) is 3. The molecule has 2 rings (SSSR count). The minimum atomic E-state index is 0.0290. The Hall–Kier alpha value is -0.510. The summed E-state index contributed by atoms with van der Waals surface area (Å²) in [6, 6.07) is 6.43. The van der Waals surface area contributed by atoms with Crippen molar-refractivity contribution in [2.75, 3.05) is 25.6 Å². The van der Waals surface area contributed by atoms with Crippen molar-refractivity contribution in [3.8, 4) is 0 Å². The Morgan fingerprint density at radius 1 is 1.29 bits per heavy atom. The number of rotatable bonds is 5. The maximum Gasteiger partial charge on any atom is 0.0575 e. The maximum atomic E-state index is 9.35. The zero-order valence-electron chi connectivity index (χ0n) is 10.5. The number of thioether (sulfide) groups is 1. The molecule has 3 heteroatoms. The van der Waals surface area contributed by atoms with Crippen molar-refractivity contribution < 1.29 is 9.84 Å². The first-order chi connectivity index (χ1) is 8.17. The maximum absolute atomic E-state index is 9.35. The molecule has 1 aromatic carbocycles. The fourth-order valence-electron chi connectivity index (χ4n) is 2.06. The van der Waals surface area contributed by atoms with Gasteiger partial charge in [0, 0.05) is 16.9 Å². The molecule has 1 N–H and O–H groups in total. The predicted octanol–water partition coefficient (Wildman–Crippen LogP) is 2.55. The summed E-state index contributed by atoms with van der Waals surface area (Å²) in [4.78, 5) is 0. The minimum absolute atomic E-state index is 0.0290. The van der Waals surface area contributed by atoms with Crippen molar-refractivity contribution in [3.63, 3.8) is 0 Å². The molecule has 0 saturated carbocycles. The third-order valence-electron chi connectivity index (χ3n) is 3.45. The van der Waals surface area contributed by atoms with Gasteiger partial charge in [0.25, 0.3) is 0 Å². The quantitative estimate of drug-likeness (QED) is 0.873. The van der Waals surface area contributed by atoms with Gasteiger partial charge in [-0.15, -0.1) is 0 Å². The number of aliphatic hydroxyl groups is 1. The highest BCUT2D eigenvalue weighted by molar-refractivity contribution is 7.98. The summed E-state index contributed by atoms with van der Waals surface area (Å²) < 4.78 is 5.21. The van der Waals surface area contributed by atoms with E-state index in [4.69, 9.17) is 4.74 Å². The van der Waals surface area contributed by atoms with Gasteiger partial charge in [0.2, 0.25) is 0 Å². The first-order valence-corrected chi connectivity index (χ1v) is 7.14. The Morgan fingerprint density at radius 3 is 2.41 bits per heavy atom. The number of hydrogen-bond donors (Lipinski definition) is 1. The lowest BCUT2D eigenvalue weighted by molar-refractivity contribution is -0.121. The van der Waals surface area contributed by atoms with Crippen LogP contribution in [0.15, 0.2) is 18.2 Å². The lowest BCUT2D eigenvalue weighted by Gasteiger charge is -2.39. The van der Waals surface area contributed by atoms with E-state index in [1.165, 1.54) is 16.7 Å². The summed E-state index contributed by atoms with van der Waals surface area (Å²) >= 11 is 1.90. The summed E-state index contributed by atoms with van der Waals surface area (Å²) in [5.74, 6) is 2.01. The molecule has 0 spiro atoms. The van der Waals surface area contributed by atoms with Crippen molar-refractivity contribution in [3.05, 3.63) is 34.9 Å². The van der Waals surface area contributed by atoms with Crippen LogP contribution < -0.4 is 0 Å². The Morgan fingerprint density at radius 2 is 1.94 bits per heavy atom. The van der Waals surface area contributed by atoms with Gasteiger partial charge in [-0.3, -0.25) is 0 Å². The normalized spacial score (nSPS) is 17.8. The molecule has 0 bridgehead atoms. The van der Waals surface area contributed by atoms with E-state index in [2.05, 4.69) is 32.0 Å². The van der Waals surface area contributed by atoms with E-state index in [9.17, 15) is 5.11 Å². The molecule has 0 amide bonds. The zero-order chi connectivity index (χ0) is 12.3. The molecule has 1 aromatic rings. The second-order valence-corrected chi connectivity index (χ2v) is 6.00. The average Bonchev–Trinajstić information content (AvgIpc) is 2.26. The Kier molecular flexibility index (Phi) is 4.13. The number of ether oxygens (including phenoxy) is 1. The fourth-order valence-corrected chi connectivity index (χ4v) is 3.51. The van der Waals surface area contributed by atoms with Crippen LogP contribution in [0, 0.1) is 19.3 Å². The van der Waals surface area contributed by atoms with Crippen LogP contribution in [0.4, 0.5) is 0 Å². The van der Waals surface area contributed by atoms with E-state index in [1.807, 2.05) is 11.8 Å². The molecule has 0 atom stereocenters. The van der Waals surface area contributed by atoms with Crippen LogP contribution in [0.1, 0.15) is 16.7 Å². The van der Waals surface area contributed by atoms with Gasteiger partial charge in [0.1, 0.15) is 0 Å². The van der Waals surface area contributed by atoms with Gasteiger partial charge in [0.05, 0.1) is 19.8 Å². The van der Waals surface area contributed by atoms with Gasteiger partial charge in [-0.2, -0.15) is 11.8 Å². The molecule has 1 aliphatic rings. The monoisotopic (exact) mass is 252 g/mol. The van der Waals surface area contributed by atoms with Gasteiger partial charge in [-0.05, 0) is 30.5 Å². The molecule has 0 radical (unpaired) electrons. The van der Waals surface area contributed by atoms with Crippen LogP contribution in [0.5, 0.6) is 0 Å². The third-order valence-corrected chi connectivity index (χ3v) is 4.76. The molecular weight excluding hydrogens is 232 g/mol. The van der Waals surface area contributed by atoms with Crippen molar-refractivity contribution in [2.45, 2.75) is 19.6 Å². The second kappa shape index (κ2) is 5.42. The van der Waals surface area contributed by atoms with E-state index < -0.39 is 0 Å². The van der Waals surface area contributed by atoms with Crippen LogP contribution in [-0.4, -0.2) is 30.7 Å². The van der Waals surface area contributed by atoms with E-state index in [0.29, 0.717) is 13.2 Å². The van der Waals surface area contributed by atoms with E-state index in [-0.39, 0.29) is 12.0 Å². The molecule has 0 aromatic heterocycles. The highest BCUT2D eigenvalue weighted by Crippen LogP contribution is 2.32. The summed E-state index contributed by atoms with van der Waals surface area (Å²) in [5.41, 5.74) is 4.19. The molecule has 2 nitrogen and oxygen atoms in total. The predicted molar refractivity (Wildman–Crippen MR) is 72.4 cm³/mol. The van der Waals surface area contributed by atoms with E-state index in [0.717, 1.165) is 11.5 Å². The summed E-state index contributed by atoms with van der Waals surface area (Å²) in [7, 11) is 0. The van der Waals surface area contributed by atoms with Crippen molar-refractivity contribution in [1.82, 2.24) is 0 Å². The first-order valence-electron chi connectivity index (χ1n) is 5.98. The number of benzene rings is 1. The first kappa shape index (κ1) is 12.9. The topological polar surface area (TPSA) is 29.5 Å². The molecule has 1 saturated heterocycles. The standard InChI is InChI=1S/C14H20O2S/c1-11-4-3-5-12(2)13(11)6-17-10-14(7-15)8-16-9-14/h3-5,15H,6-10H2,1-2H3. The fraction of sp³-hybridized carbons (Fsp3) is 0.571. The Balaban J connectivity index is 1.90. The van der Waals surface area contributed by atoms with Crippen LogP contribution in [0.3, 0.4) is 0 Å². The molecular formula is C14H20O2S. The number of aryl methyl sites for hydroxylation is 2. The van der Waals surface area contributed by atoms with Crippen LogP contribution >= 0.6 is 11.8 Å². The summed E-state index contributed by atoms with van der Waals surface area (Å²) in [6.07, 6.45) is 0. The van der Waals surface area contributed by atoms with E-state index >= 15 is 0 Å². The Bertz CT molecular complexity index is 360. The lowest BCUT2D eigenvalue weighted by atomic mass is 9.90. The van der Waals surface area contributed by atoms with Crippen LogP contribution in [0.25, 0.3) is 0 Å². The van der Waals surface area contributed by atoms with Gasteiger partial charge in [-0.1, -0.05) is 18.2 Å². The highest BCUT2D eigenvalue weighted by Gasteiger charge is 2.37. The van der Waals surface area contributed by atoms with Gasteiger partial charge < -0.3 is 9.84 Å². The third kappa shape index (κ3) is 2.84.